The number of carbonyl (C=O) groups is 1. The maximum atomic E-state index is 12.2. The third kappa shape index (κ3) is 3.32. The molecule has 0 bridgehead atoms. The van der Waals surface area contributed by atoms with E-state index < -0.39 is 0 Å². The molecule has 5 heteroatoms. The van der Waals surface area contributed by atoms with E-state index in [9.17, 15) is 4.79 Å². The second-order valence-electron chi connectivity index (χ2n) is 5.60. The van der Waals surface area contributed by atoms with Crippen LogP contribution in [0.2, 0.25) is 0 Å². The third-order valence-electron chi connectivity index (χ3n) is 3.03. The fraction of sp³-hybridized carbons (Fsp3) is 0.692. The molecule has 1 unspecified atom stereocenters. The molecule has 1 rings (SSSR count). The number of nitrogens with one attached hydrogen (secondary N) is 1. The summed E-state index contributed by atoms with van der Waals surface area (Å²) < 4.78 is 4.98. The van der Waals surface area contributed by atoms with Gasteiger partial charge >= 0.3 is 0 Å². The molecule has 1 aromatic rings. The summed E-state index contributed by atoms with van der Waals surface area (Å²) in [5.74, 6) is 0.321. The molecule has 1 amide bonds. The minimum atomic E-state index is -0.195. The Hall–Kier alpha value is -1.36. The summed E-state index contributed by atoms with van der Waals surface area (Å²) in [5.41, 5.74) is 0.959. The SMILES string of the molecule is Cc1noc(C)c1C(=O)NC(CCO)C(C)(C)C. The maximum Gasteiger partial charge on any atom is 0.257 e. The smallest absolute Gasteiger partial charge is 0.257 e. The van der Waals surface area contributed by atoms with Crippen molar-refractivity contribution in [2.45, 2.75) is 47.1 Å². The quantitative estimate of drug-likeness (QED) is 0.859. The zero-order chi connectivity index (χ0) is 13.9. The molecular weight excluding hydrogens is 232 g/mol. The van der Waals surface area contributed by atoms with E-state index in [1.165, 1.54) is 0 Å². The van der Waals surface area contributed by atoms with Gasteiger partial charge in [-0.25, -0.2) is 0 Å². The summed E-state index contributed by atoms with van der Waals surface area (Å²) >= 11 is 0. The first kappa shape index (κ1) is 14.7. The molecule has 0 fully saturated rings. The van der Waals surface area contributed by atoms with Crippen LogP contribution >= 0.6 is 0 Å². The molecule has 102 valence electrons. The maximum absolute atomic E-state index is 12.2. The normalized spacial score (nSPS) is 13.4. The average Bonchev–Trinajstić information content (AvgIpc) is 2.56. The molecule has 1 aromatic heterocycles. The van der Waals surface area contributed by atoms with Gasteiger partial charge in [-0.15, -0.1) is 0 Å². The number of aryl methyl sites for hydroxylation is 2. The van der Waals surface area contributed by atoms with Crippen molar-refractivity contribution in [3.05, 3.63) is 17.0 Å². The van der Waals surface area contributed by atoms with Gasteiger partial charge in [0.05, 0.1) is 5.69 Å². The lowest BCUT2D eigenvalue weighted by atomic mass is 9.84. The summed E-state index contributed by atoms with van der Waals surface area (Å²) in [5, 5.41) is 15.8. The lowest BCUT2D eigenvalue weighted by Gasteiger charge is -2.31. The van der Waals surface area contributed by atoms with E-state index in [2.05, 4.69) is 10.5 Å². The van der Waals surface area contributed by atoms with Crippen molar-refractivity contribution < 1.29 is 14.4 Å². The predicted molar refractivity (Wildman–Crippen MR) is 68.4 cm³/mol. The molecule has 0 radical (unpaired) electrons. The zero-order valence-electron chi connectivity index (χ0n) is 11.7. The number of amides is 1. The highest BCUT2D eigenvalue weighted by Crippen LogP contribution is 2.22. The second-order valence-corrected chi connectivity index (χ2v) is 5.60. The molecule has 0 aliphatic carbocycles. The molecule has 0 aliphatic rings. The van der Waals surface area contributed by atoms with Gasteiger partial charge in [0.25, 0.3) is 5.91 Å². The van der Waals surface area contributed by atoms with Crippen LogP contribution in [0.4, 0.5) is 0 Å². The average molecular weight is 254 g/mol. The standard InChI is InChI=1S/C13H22N2O3/c1-8-11(9(2)18-15-8)12(17)14-10(6-7-16)13(3,4)5/h10,16H,6-7H2,1-5H3,(H,14,17). The Balaban J connectivity index is 2.86. The monoisotopic (exact) mass is 254 g/mol. The third-order valence-corrected chi connectivity index (χ3v) is 3.03. The topological polar surface area (TPSA) is 75.4 Å². The second kappa shape index (κ2) is 5.52. The highest BCUT2D eigenvalue weighted by atomic mass is 16.5. The van der Waals surface area contributed by atoms with Crippen LogP contribution in [-0.2, 0) is 0 Å². The van der Waals surface area contributed by atoms with Crippen LogP contribution in [0, 0.1) is 19.3 Å². The minimum absolute atomic E-state index is 0.0455. The van der Waals surface area contributed by atoms with Crippen molar-refractivity contribution in [1.29, 1.82) is 0 Å². The zero-order valence-corrected chi connectivity index (χ0v) is 11.7. The fourth-order valence-electron chi connectivity index (χ4n) is 1.89. The number of aromatic nitrogens is 1. The minimum Gasteiger partial charge on any atom is -0.396 e. The van der Waals surface area contributed by atoms with Crippen molar-refractivity contribution in [2.75, 3.05) is 6.61 Å². The van der Waals surface area contributed by atoms with Gasteiger partial charge in [-0.3, -0.25) is 4.79 Å². The Morgan fingerprint density at radius 1 is 1.44 bits per heavy atom. The number of carbonyl (C=O) groups excluding carboxylic acids is 1. The van der Waals surface area contributed by atoms with Gasteiger partial charge in [-0.2, -0.15) is 0 Å². The lowest BCUT2D eigenvalue weighted by Crippen LogP contribution is -2.44. The van der Waals surface area contributed by atoms with E-state index >= 15 is 0 Å². The number of rotatable bonds is 4. The molecule has 0 saturated heterocycles. The highest BCUT2D eigenvalue weighted by Gasteiger charge is 2.28. The summed E-state index contributed by atoms with van der Waals surface area (Å²) in [6.45, 7) is 9.59. The van der Waals surface area contributed by atoms with E-state index in [0.29, 0.717) is 23.4 Å². The number of aliphatic hydroxyl groups excluding tert-OH is 1. The Morgan fingerprint density at radius 2 is 2.06 bits per heavy atom. The molecule has 0 saturated carbocycles. The number of nitrogens with zero attached hydrogens (tertiary/aromatic N) is 1. The van der Waals surface area contributed by atoms with E-state index in [0.717, 1.165) is 0 Å². The molecule has 1 atom stereocenters. The molecule has 1 heterocycles. The van der Waals surface area contributed by atoms with Crippen molar-refractivity contribution >= 4 is 5.91 Å². The van der Waals surface area contributed by atoms with Crippen LogP contribution in [0.25, 0.3) is 0 Å². The Bertz CT molecular complexity index is 399. The molecule has 0 spiro atoms. The molecule has 0 aliphatic heterocycles. The molecule has 18 heavy (non-hydrogen) atoms. The van der Waals surface area contributed by atoms with Gasteiger partial charge < -0.3 is 14.9 Å². The van der Waals surface area contributed by atoms with Crippen LogP contribution in [0.3, 0.4) is 0 Å². The van der Waals surface area contributed by atoms with Crippen LogP contribution in [0.1, 0.15) is 49.0 Å². The predicted octanol–water partition coefficient (Wildman–Crippen LogP) is 1.82. The summed E-state index contributed by atoms with van der Waals surface area (Å²) in [4.78, 5) is 12.2. The van der Waals surface area contributed by atoms with E-state index in [1.807, 2.05) is 20.8 Å². The molecule has 5 nitrogen and oxygen atoms in total. The van der Waals surface area contributed by atoms with Crippen LogP contribution < -0.4 is 5.32 Å². The van der Waals surface area contributed by atoms with Crippen molar-refractivity contribution in [3.63, 3.8) is 0 Å². The largest absolute Gasteiger partial charge is 0.396 e. The number of hydrogen-bond acceptors (Lipinski definition) is 4. The molecule has 0 aromatic carbocycles. The van der Waals surface area contributed by atoms with Crippen LogP contribution in [0.15, 0.2) is 4.52 Å². The van der Waals surface area contributed by atoms with E-state index in [-0.39, 0.29) is 24.0 Å². The van der Waals surface area contributed by atoms with Crippen LogP contribution in [-0.4, -0.2) is 28.8 Å². The highest BCUT2D eigenvalue weighted by molar-refractivity contribution is 5.96. The van der Waals surface area contributed by atoms with Gasteiger partial charge in [-0.1, -0.05) is 25.9 Å². The van der Waals surface area contributed by atoms with Crippen molar-refractivity contribution in [1.82, 2.24) is 10.5 Å². The van der Waals surface area contributed by atoms with Gasteiger partial charge in [0.15, 0.2) is 0 Å². The summed E-state index contributed by atoms with van der Waals surface area (Å²) in [7, 11) is 0. The fourth-order valence-corrected chi connectivity index (χ4v) is 1.89. The van der Waals surface area contributed by atoms with Crippen molar-refractivity contribution in [3.8, 4) is 0 Å². The first-order chi connectivity index (χ1) is 8.27. The molecular formula is C13H22N2O3. The summed E-state index contributed by atoms with van der Waals surface area (Å²) in [6.07, 6.45) is 0.526. The Kier molecular flexibility index (Phi) is 4.51. The first-order valence-electron chi connectivity index (χ1n) is 6.12. The van der Waals surface area contributed by atoms with Crippen molar-refractivity contribution in [2.24, 2.45) is 5.41 Å². The van der Waals surface area contributed by atoms with Gasteiger partial charge in [-0.05, 0) is 25.7 Å². The Labute approximate surface area is 108 Å². The van der Waals surface area contributed by atoms with Gasteiger partial charge in [0.2, 0.25) is 0 Å². The van der Waals surface area contributed by atoms with Crippen LogP contribution in [0.5, 0.6) is 0 Å². The Morgan fingerprint density at radius 3 is 2.44 bits per heavy atom. The van der Waals surface area contributed by atoms with E-state index in [1.54, 1.807) is 13.8 Å². The van der Waals surface area contributed by atoms with Gasteiger partial charge in [0.1, 0.15) is 11.3 Å². The number of aliphatic hydroxyl groups is 1. The number of hydrogen-bond donors (Lipinski definition) is 2. The first-order valence-corrected chi connectivity index (χ1v) is 6.12. The summed E-state index contributed by atoms with van der Waals surface area (Å²) in [6, 6.07) is -0.0938. The lowest BCUT2D eigenvalue weighted by molar-refractivity contribution is 0.0883. The van der Waals surface area contributed by atoms with E-state index in [4.69, 9.17) is 9.63 Å². The molecule has 2 N–H and O–H groups in total. The van der Waals surface area contributed by atoms with Gasteiger partial charge in [0, 0.05) is 12.6 Å².